The van der Waals surface area contributed by atoms with Crippen molar-refractivity contribution in [3.63, 3.8) is 0 Å². The molecule has 2 rings (SSSR count). The van der Waals surface area contributed by atoms with Crippen LogP contribution in [0.4, 0.5) is 5.69 Å². The number of fused-ring (bicyclic) bond motifs is 1. The zero-order valence-corrected chi connectivity index (χ0v) is 10.2. The first-order valence-electron chi connectivity index (χ1n) is 5.75. The predicted octanol–water partition coefficient (Wildman–Crippen LogP) is 2.68. The van der Waals surface area contributed by atoms with E-state index in [4.69, 9.17) is 0 Å². The Labute approximate surface area is 97.2 Å². The van der Waals surface area contributed by atoms with Gasteiger partial charge in [-0.2, -0.15) is 0 Å². The van der Waals surface area contributed by atoms with E-state index in [1.165, 1.54) is 11.3 Å². The molecule has 0 amide bonds. The van der Waals surface area contributed by atoms with Crippen molar-refractivity contribution >= 4 is 5.69 Å². The molecule has 1 aliphatic heterocycles. The molecule has 0 aliphatic carbocycles. The van der Waals surface area contributed by atoms with Crippen molar-refractivity contribution < 1.29 is 5.11 Å². The van der Waals surface area contributed by atoms with Gasteiger partial charge in [-0.1, -0.05) is 23.8 Å². The topological polar surface area (TPSA) is 23.5 Å². The van der Waals surface area contributed by atoms with Gasteiger partial charge in [-0.05, 0) is 37.5 Å². The van der Waals surface area contributed by atoms with Crippen molar-refractivity contribution in [1.29, 1.82) is 0 Å². The minimum atomic E-state index is -0.471. The molecule has 0 saturated carbocycles. The van der Waals surface area contributed by atoms with E-state index in [9.17, 15) is 5.11 Å². The third-order valence-electron chi connectivity index (χ3n) is 3.06. The number of hydrogen-bond donors (Lipinski definition) is 1. The molecule has 0 saturated heterocycles. The Morgan fingerprint density at radius 2 is 2.19 bits per heavy atom. The van der Waals surface area contributed by atoms with Crippen LogP contribution in [-0.2, 0) is 6.42 Å². The fourth-order valence-electron chi connectivity index (χ4n) is 2.18. The second-order valence-electron chi connectivity index (χ2n) is 4.75. The highest BCUT2D eigenvalue weighted by molar-refractivity contribution is 5.58. The van der Waals surface area contributed by atoms with Crippen LogP contribution >= 0.6 is 0 Å². The molecule has 1 aromatic carbocycles. The van der Waals surface area contributed by atoms with Gasteiger partial charge in [0.05, 0.1) is 6.10 Å². The minimum Gasteiger partial charge on any atom is -0.384 e. The third-order valence-corrected chi connectivity index (χ3v) is 3.06. The molecule has 16 heavy (non-hydrogen) atoms. The monoisotopic (exact) mass is 217 g/mol. The van der Waals surface area contributed by atoms with Crippen LogP contribution in [0.25, 0.3) is 0 Å². The zero-order valence-electron chi connectivity index (χ0n) is 10.2. The van der Waals surface area contributed by atoms with Crippen LogP contribution in [0.3, 0.4) is 0 Å². The second-order valence-corrected chi connectivity index (χ2v) is 4.75. The van der Waals surface area contributed by atoms with Crippen LogP contribution in [0.2, 0.25) is 0 Å². The first-order valence-corrected chi connectivity index (χ1v) is 5.75. The van der Waals surface area contributed by atoms with E-state index < -0.39 is 6.10 Å². The summed E-state index contributed by atoms with van der Waals surface area (Å²) in [7, 11) is 2.11. The quantitative estimate of drug-likeness (QED) is 0.770. The van der Waals surface area contributed by atoms with Gasteiger partial charge in [0.15, 0.2) is 0 Å². The summed E-state index contributed by atoms with van der Waals surface area (Å²) >= 11 is 0. The normalized spacial score (nSPS) is 15.9. The Hall–Kier alpha value is -1.28. The number of likely N-dealkylation sites (N-methyl/N-ethyl adjacent to an activating group) is 1. The minimum absolute atomic E-state index is 0.471. The molecule has 0 fully saturated rings. The van der Waals surface area contributed by atoms with Crippen molar-refractivity contribution in [3.05, 3.63) is 41.0 Å². The Morgan fingerprint density at radius 3 is 2.88 bits per heavy atom. The second kappa shape index (κ2) is 4.30. The van der Waals surface area contributed by atoms with Gasteiger partial charge in [0.1, 0.15) is 0 Å². The van der Waals surface area contributed by atoms with Gasteiger partial charge in [-0.3, -0.25) is 0 Å². The number of hydrogen-bond acceptors (Lipinski definition) is 2. The van der Waals surface area contributed by atoms with Crippen LogP contribution in [0.15, 0.2) is 29.8 Å². The van der Waals surface area contributed by atoms with Gasteiger partial charge < -0.3 is 10.0 Å². The molecule has 2 heteroatoms. The summed E-state index contributed by atoms with van der Waals surface area (Å²) in [6.45, 7) is 5.09. The molecular weight excluding hydrogens is 198 g/mol. The molecular formula is C14H19NO. The van der Waals surface area contributed by atoms with Crippen molar-refractivity contribution in [2.24, 2.45) is 0 Å². The lowest BCUT2D eigenvalue weighted by molar-refractivity contribution is 0.227. The van der Waals surface area contributed by atoms with Gasteiger partial charge in [-0.15, -0.1) is 0 Å². The molecule has 1 aromatic rings. The molecule has 1 N–H and O–H groups in total. The molecule has 1 unspecified atom stereocenters. The maximum atomic E-state index is 10.00. The van der Waals surface area contributed by atoms with Crippen LogP contribution in [0, 0.1) is 0 Å². The largest absolute Gasteiger partial charge is 0.384 e. The summed E-state index contributed by atoms with van der Waals surface area (Å²) in [5.74, 6) is 0. The van der Waals surface area contributed by atoms with E-state index in [0.717, 1.165) is 24.1 Å². The van der Waals surface area contributed by atoms with Crippen LogP contribution in [-0.4, -0.2) is 18.7 Å². The van der Waals surface area contributed by atoms with Crippen LogP contribution in [0.5, 0.6) is 0 Å². The average molecular weight is 217 g/mol. The van der Waals surface area contributed by atoms with Crippen molar-refractivity contribution in [2.75, 3.05) is 18.5 Å². The third kappa shape index (κ3) is 2.12. The predicted molar refractivity (Wildman–Crippen MR) is 67.8 cm³/mol. The van der Waals surface area contributed by atoms with Gasteiger partial charge >= 0.3 is 0 Å². The summed E-state index contributed by atoms with van der Waals surface area (Å²) in [6, 6.07) is 6.26. The maximum absolute atomic E-state index is 10.00. The lowest BCUT2D eigenvalue weighted by Crippen LogP contribution is -2.12. The number of aliphatic hydroxyl groups excluding tert-OH is 1. The summed E-state index contributed by atoms with van der Waals surface area (Å²) < 4.78 is 0. The highest BCUT2D eigenvalue weighted by Crippen LogP contribution is 2.29. The first-order chi connectivity index (χ1) is 7.58. The van der Waals surface area contributed by atoms with E-state index in [2.05, 4.69) is 24.1 Å². The molecule has 86 valence electrons. The standard InChI is InChI=1S/C14H19NO/c1-10(2)8-14(16)12-4-5-13-11(9-12)6-7-15(13)3/h4-5,8-9,14,16H,6-7H2,1-3H3. The molecule has 1 heterocycles. The van der Waals surface area contributed by atoms with E-state index in [1.807, 2.05) is 26.0 Å². The first kappa shape index (κ1) is 11.2. The molecule has 0 aromatic heterocycles. The number of anilines is 1. The summed E-state index contributed by atoms with van der Waals surface area (Å²) in [5.41, 5.74) is 4.79. The van der Waals surface area contributed by atoms with Crippen molar-refractivity contribution in [1.82, 2.24) is 0 Å². The van der Waals surface area contributed by atoms with E-state index in [0.29, 0.717) is 0 Å². The summed E-state index contributed by atoms with van der Waals surface area (Å²) in [5, 5.41) is 10.00. The molecule has 0 radical (unpaired) electrons. The van der Waals surface area contributed by atoms with E-state index >= 15 is 0 Å². The van der Waals surface area contributed by atoms with Gasteiger partial charge in [-0.25, -0.2) is 0 Å². The van der Waals surface area contributed by atoms with Crippen LogP contribution < -0.4 is 4.90 Å². The van der Waals surface area contributed by atoms with Crippen LogP contribution in [0.1, 0.15) is 31.1 Å². The highest BCUT2D eigenvalue weighted by Gasteiger charge is 2.16. The fourth-order valence-corrected chi connectivity index (χ4v) is 2.18. The van der Waals surface area contributed by atoms with Gasteiger partial charge in [0, 0.05) is 19.3 Å². The maximum Gasteiger partial charge on any atom is 0.0974 e. The smallest absolute Gasteiger partial charge is 0.0974 e. The van der Waals surface area contributed by atoms with E-state index in [-0.39, 0.29) is 0 Å². The Kier molecular flexibility index (Phi) is 3.01. The highest BCUT2D eigenvalue weighted by atomic mass is 16.3. The number of nitrogens with zero attached hydrogens (tertiary/aromatic N) is 1. The Balaban J connectivity index is 2.29. The number of allylic oxidation sites excluding steroid dienone is 1. The fraction of sp³-hybridized carbons (Fsp3) is 0.429. The number of rotatable bonds is 2. The molecule has 0 bridgehead atoms. The zero-order chi connectivity index (χ0) is 11.7. The summed E-state index contributed by atoms with van der Waals surface area (Å²) in [6.07, 6.45) is 2.50. The summed E-state index contributed by atoms with van der Waals surface area (Å²) in [4.78, 5) is 2.26. The molecule has 0 spiro atoms. The van der Waals surface area contributed by atoms with Gasteiger partial charge in [0.25, 0.3) is 0 Å². The van der Waals surface area contributed by atoms with Gasteiger partial charge in [0.2, 0.25) is 0 Å². The lowest BCUT2D eigenvalue weighted by atomic mass is 10.0. The number of aliphatic hydroxyl groups is 1. The van der Waals surface area contributed by atoms with Crippen molar-refractivity contribution in [2.45, 2.75) is 26.4 Å². The molecule has 1 aliphatic rings. The Bertz CT molecular complexity index is 419. The van der Waals surface area contributed by atoms with E-state index in [1.54, 1.807) is 0 Å². The SMILES string of the molecule is CC(C)=CC(O)c1ccc2c(c1)CCN2C. The Morgan fingerprint density at radius 1 is 1.44 bits per heavy atom. The molecule has 2 nitrogen and oxygen atoms in total. The average Bonchev–Trinajstić information content (AvgIpc) is 2.59. The number of benzene rings is 1. The lowest BCUT2D eigenvalue weighted by Gasteiger charge is -2.13. The van der Waals surface area contributed by atoms with Crippen molar-refractivity contribution in [3.8, 4) is 0 Å². The molecule has 1 atom stereocenters.